The molecule has 1 heterocycles. The van der Waals surface area contributed by atoms with Crippen LogP contribution in [0.3, 0.4) is 0 Å². The Balaban J connectivity index is 1.83. The largest absolute Gasteiger partial charge is 0.417 e. The van der Waals surface area contributed by atoms with Gasteiger partial charge >= 0.3 is 12.4 Å². The summed E-state index contributed by atoms with van der Waals surface area (Å²) in [6, 6.07) is 10.3. The Kier molecular flexibility index (Phi) is 5.41. The Bertz CT molecular complexity index is 977. The first kappa shape index (κ1) is 19.9. The third kappa shape index (κ3) is 4.69. The second-order valence-corrected chi connectivity index (χ2v) is 6.43. The molecule has 0 saturated heterocycles. The molecule has 1 aromatic heterocycles. The predicted molar refractivity (Wildman–Crippen MR) is 95.2 cm³/mol. The van der Waals surface area contributed by atoms with Gasteiger partial charge in [-0.2, -0.15) is 31.4 Å². The van der Waals surface area contributed by atoms with Crippen LogP contribution in [0.4, 0.5) is 31.5 Å². The van der Waals surface area contributed by atoms with Crippen LogP contribution in [-0.2, 0) is 12.4 Å². The SMILES string of the molecule is FC(F)(F)c1ccc(C(F)(F)F)c(C=NNc2nc(-c3ccccc3)cs2)c1. The maximum atomic E-state index is 13.0. The molecule has 10 heteroatoms. The van der Waals surface area contributed by atoms with Crippen LogP contribution in [0.5, 0.6) is 0 Å². The molecule has 0 bridgehead atoms. The molecular weight excluding hydrogens is 404 g/mol. The Labute approximate surface area is 159 Å². The monoisotopic (exact) mass is 415 g/mol. The van der Waals surface area contributed by atoms with Gasteiger partial charge in [0.05, 0.1) is 23.0 Å². The second-order valence-electron chi connectivity index (χ2n) is 5.57. The van der Waals surface area contributed by atoms with E-state index in [0.717, 1.165) is 16.9 Å². The van der Waals surface area contributed by atoms with Gasteiger partial charge in [0.25, 0.3) is 0 Å². The lowest BCUT2D eigenvalue weighted by atomic mass is 10.0. The predicted octanol–water partition coefficient (Wildman–Crippen LogP) is 6.29. The first-order chi connectivity index (χ1) is 13.1. The van der Waals surface area contributed by atoms with Crippen molar-refractivity contribution in [2.24, 2.45) is 5.10 Å². The molecule has 3 aromatic rings. The van der Waals surface area contributed by atoms with E-state index in [-0.39, 0.29) is 5.13 Å². The van der Waals surface area contributed by atoms with Crippen molar-refractivity contribution in [3.63, 3.8) is 0 Å². The molecule has 146 valence electrons. The molecule has 0 fully saturated rings. The molecule has 3 nitrogen and oxygen atoms in total. The maximum absolute atomic E-state index is 13.0. The number of aromatic nitrogens is 1. The minimum absolute atomic E-state index is 0.288. The Morgan fingerprint density at radius 1 is 0.929 bits per heavy atom. The highest BCUT2D eigenvalue weighted by Crippen LogP contribution is 2.36. The number of hydrogen-bond acceptors (Lipinski definition) is 4. The van der Waals surface area contributed by atoms with Crippen LogP contribution < -0.4 is 5.43 Å². The minimum atomic E-state index is -4.81. The number of anilines is 1. The van der Waals surface area contributed by atoms with Gasteiger partial charge in [-0.15, -0.1) is 11.3 Å². The van der Waals surface area contributed by atoms with Gasteiger partial charge in [0.15, 0.2) is 0 Å². The van der Waals surface area contributed by atoms with Gasteiger partial charge < -0.3 is 0 Å². The molecule has 1 N–H and O–H groups in total. The standard InChI is InChI=1S/C18H11F6N3S/c19-17(20,21)13-6-7-14(18(22,23)24)12(8-13)9-25-27-16-26-15(10-28-16)11-4-2-1-3-5-11/h1-10H,(H,26,27). The summed E-state index contributed by atoms with van der Waals surface area (Å²) < 4.78 is 77.5. The Hall–Kier alpha value is -2.88. The fraction of sp³-hybridized carbons (Fsp3) is 0.111. The fourth-order valence-electron chi connectivity index (χ4n) is 2.33. The average Bonchev–Trinajstić information content (AvgIpc) is 3.10. The van der Waals surface area contributed by atoms with Gasteiger partial charge in [-0.25, -0.2) is 4.98 Å². The van der Waals surface area contributed by atoms with E-state index in [1.54, 1.807) is 5.38 Å². The summed E-state index contributed by atoms with van der Waals surface area (Å²) in [5.74, 6) is 0. The summed E-state index contributed by atoms with van der Waals surface area (Å²) in [6.45, 7) is 0. The van der Waals surface area contributed by atoms with E-state index in [1.807, 2.05) is 30.3 Å². The lowest BCUT2D eigenvalue weighted by molar-refractivity contribution is -0.141. The van der Waals surface area contributed by atoms with E-state index in [2.05, 4.69) is 15.5 Å². The molecule has 0 atom stereocenters. The first-order valence-corrected chi connectivity index (χ1v) is 8.61. The molecular formula is C18H11F6N3S. The summed E-state index contributed by atoms with van der Waals surface area (Å²) >= 11 is 1.16. The number of halogens is 6. The van der Waals surface area contributed by atoms with Gasteiger partial charge in [0, 0.05) is 16.5 Å². The van der Waals surface area contributed by atoms with Gasteiger partial charge in [0.2, 0.25) is 5.13 Å². The van der Waals surface area contributed by atoms with E-state index in [1.165, 1.54) is 0 Å². The highest BCUT2D eigenvalue weighted by Gasteiger charge is 2.36. The van der Waals surface area contributed by atoms with Crippen molar-refractivity contribution in [1.29, 1.82) is 0 Å². The summed E-state index contributed by atoms with van der Waals surface area (Å²) in [5, 5.41) is 5.63. The summed E-state index contributed by atoms with van der Waals surface area (Å²) in [7, 11) is 0. The number of alkyl halides is 6. The van der Waals surface area contributed by atoms with Crippen molar-refractivity contribution in [3.8, 4) is 11.3 Å². The van der Waals surface area contributed by atoms with Crippen molar-refractivity contribution >= 4 is 22.7 Å². The van der Waals surface area contributed by atoms with Gasteiger partial charge in [-0.3, -0.25) is 5.43 Å². The highest BCUT2D eigenvalue weighted by molar-refractivity contribution is 7.14. The number of benzene rings is 2. The molecule has 0 radical (unpaired) electrons. The quantitative estimate of drug-likeness (QED) is 0.309. The topological polar surface area (TPSA) is 37.3 Å². The molecule has 3 rings (SSSR count). The van der Waals surface area contributed by atoms with Gasteiger partial charge in [-0.05, 0) is 18.2 Å². The second kappa shape index (κ2) is 7.63. The number of hydrazone groups is 1. The number of rotatable bonds is 4. The average molecular weight is 415 g/mol. The van der Waals surface area contributed by atoms with Crippen molar-refractivity contribution in [2.45, 2.75) is 12.4 Å². The zero-order valence-electron chi connectivity index (χ0n) is 13.8. The third-order valence-electron chi connectivity index (χ3n) is 3.62. The van der Waals surface area contributed by atoms with E-state index in [9.17, 15) is 26.3 Å². The lowest BCUT2D eigenvalue weighted by Crippen LogP contribution is -2.12. The number of thiazole rings is 1. The molecule has 0 amide bonds. The minimum Gasteiger partial charge on any atom is -0.253 e. The van der Waals surface area contributed by atoms with Crippen LogP contribution in [0.2, 0.25) is 0 Å². The first-order valence-electron chi connectivity index (χ1n) is 7.73. The molecule has 2 aromatic carbocycles. The van der Waals surface area contributed by atoms with Crippen LogP contribution in [0.1, 0.15) is 16.7 Å². The Morgan fingerprint density at radius 2 is 1.64 bits per heavy atom. The van der Waals surface area contributed by atoms with Crippen LogP contribution in [0.25, 0.3) is 11.3 Å². The molecule has 0 aliphatic carbocycles. The number of hydrogen-bond donors (Lipinski definition) is 1. The van der Waals surface area contributed by atoms with E-state index >= 15 is 0 Å². The van der Waals surface area contributed by atoms with E-state index in [0.29, 0.717) is 30.1 Å². The third-order valence-corrected chi connectivity index (χ3v) is 4.37. The van der Waals surface area contributed by atoms with Gasteiger partial charge in [0.1, 0.15) is 0 Å². The number of nitrogens with one attached hydrogen (secondary N) is 1. The zero-order valence-corrected chi connectivity index (χ0v) is 14.7. The van der Waals surface area contributed by atoms with Crippen molar-refractivity contribution in [2.75, 3.05) is 5.43 Å². The van der Waals surface area contributed by atoms with Gasteiger partial charge in [-0.1, -0.05) is 30.3 Å². The fourth-order valence-corrected chi connectivity index (χ4v) is 3.00. The normalized spacial score (nSPS) is 12.5. The molecule has 0 aliphatic heterocycles. The smallest absolute Gasteiger partial charge is 0.253 e. The van der Waals surface area contributed by atoms with E-state index < -0.39 is 29.0 Å². The van der Waals surface area contributed by atoms with E-state index in [4.69, 9.17) is 0 Å². The lowest BCUT2D eigenvalue weighted by Gasteiger charge is -2.13. The summed E-state index contributed by atoms with van der Waals surface area (Å²) in [5.41, 5.74) is 0.822. The summed E-state index contributed by atoms with van der Waals surface area (Å²) in [4.78, 5) is 4.23. The van der Waals surface area contributed by atoms with Crippen molar-refractivity contribution in [3.05, 3.63) is 70.6 Å². The van der Waals surface area contributed by atoms with Crippen molar-refractivity contribution < 1.29 is 26.3 Å². The maximum Gasteiger partial charge on any atom is 0.417 e. The molecule has 28 heavy (non-hydrogen) atoms. The molecule has 0 spiro atoms. The van der Waals surface area contributed by atoms with Crippen LogP contribution in [0.15, 0.2) is 59.0 Å². The zero-order chi connectivity index (χ0) is 20.4. The Morgan fingerprint density at radius 3 is 2.29 bits per heavy atom. The molecule has 0 aliphatic rings. The van der Waals surface area contributed by atoms with Crippen LogP contribution in [0, 0.1) is 0 Å². The number of nitrogens with zero attached hydrogens (tertiary/aromatic N) is 2. The van der Waals surface area contributed by atoms with Crippen molar-refractivity contribution in [1.82, 2.24) is 4.98 Å². The van der Waals surface area contributed by atoms with Crippen LogP contribution in [-0.4, -0.2) is 11.2 Å². The molecule has 0 unspecified atom stereocenters. The van der Waals surface area contributed by atoms with Crippen LogP contribution >= 0.6 is 11.3 Å². The molecule has 0 saturated carbocycles. The highest BCUT2D eigenvalue weighted by atomic mass is 32.1. The summed E-state index contributed by atoms with van der Waals surface area (Å²) in [6.07, 6.45) is -8.88.